The maximum atomic E-state index is 3.60. The quantitative estimate of drug-likeness (QED) is 0.699. The van der Waals surface area contributed by atoms with Crippen LogP contribution >= 0.6 is 0 Å². The normalized spacial score (nSPS) is 23.6. The van der Waals surface area contributed by atoms with Gasteiger partial charge >= 0.3 is 0 Å². The van der Waals surface area contributed by atoms with E-state index >= 15 is 0 Å². The molecule has 0 unspecified atom stereocenters. The Kier molecular flexibility index (Phi) is 3.82. The second-order valence-corrected chi connectivity index (χ2v) is 4.80. The minimum Gasteiger partial charge on any atom is -0.313 e. The Morgan fingerprint density at radius 2 is 1.86 bits per heavy atom. The van der Waals surface area contributed by atoms with Gasteiger partial charge in [0.1, 0.15) is 0 Å². The van der Waals surface area contributed by atoms with Gasteiger partial charge in [0, 0.05) is 25.2 Å². The Morgan fingerprint density at radius 3 is 2.43 bits per heavy atom. The van der Waals surface area contributed by atoms with Crippen molar-refractivity contribution in [2.45, 2.75) is 57.5 Å². The average Bonchev–Trinajstić information content (AvgIpc) is 2.86. The van der Waals surface area contributed by atoms with E-state index in [0.29, 0.717) is 0 Å². The molecule has 0 aromatic rings. The Labute approximate surface area is 88.1 Å². The highest BCUT2D eigenvalue weighted by molar-refractivity contribution is 4.82. The molecule has 0 bridgehead atoms. The van der Waals surface area contributed by atoms with Crippen molar-refractivity contribution in [3.8, 4) is 0 Å². The number of nitrogens with zero attached hydrogens (tertiary/aromatic N) is 1. The predicted molar refractivity (Wildman–Crippen MR) is 60.5 cm³/mol. The van der Waals surface area contributed by atoms with Crippen molar-refractivity contribution in [2.24, 2.45) is 0 Å². The van der Waals surface area contributed by atoms with Crippen LogP contribution in [0.3, 0.4) is 0 Å². The molecular formula is C12H24N2. The summed E-state index contributed by atoms with van der Waals surface area (Å²) in [6.45, 7) is 6.00. The number of hydrogen-bond acceptors (Lipinski definition) is 2. The molecular weight excluding hydrogens is 172 g/mol. The van der Waals surface area contributed by atoms with Gasteiger partial charge < -0.3 is 5.32 Å². The van der Waals surface area contributed by atoms with Crippen molar-refractivity contribution in [1.29, 1.82) is 0 Å². The standard InChI is InChI=1S/C12H24N2/c1-2-14(12-5-3-4-6-12)10-9-13-11-7-8-11/h11-13H,2-10H2,1H3. The van der Waals surface area contributed by atoms with E-state index in [1.807, 2.05) is 0 Å². The van der Waals surface area contributed by atoms with Crippen LogP contribution in [-0.2, 0) is 0 Å². The highest BCUT2D eigenvalue weighted by Crippen LogP contribution is 2.23. The van der Waals surface area contributed by atoms with Crippen LogP contribution in [0.4, 0.5) is 0 Å². The van der Waals surface area contributed by atoms with Gasteiger partial charge in [-0.2, -0.15) is 0 Å². The zero-order valence-electron chi connectivity index (χ0n) is 9.47. The molecule has 0 aromatic carbocycles. The Morgan fingerprint density at radius 1 is 1.14 bits per heavy atom. The molecule has 2 fully saturated rings. The lowest BCUT2D eigenvalue weighted by Gasteiger charge is -2.27. The van der Waals surface area contributed by atoms with Gasteiger partial charge in [-0.15, -0.1) is 0 Å². The first-order chi connectivity index (χ1) is 6.90. The van der Waals surface area contributed by atoms with Crippen molar-refractivity contribution < 1.29 is 0 Å². The lowest BCUT2D eigenvalue weighted by Crippen LogP contribution is -2.38. The second-order valence-electron chi connectivity index (χ2n) is 4.80. The van der Waals surface area contributed by atoms with Crippen molar-refractivity contribution in [3.63, 3.8) is 0 Å². The van der Waals surface area contributed by atoms with Crippen LogP contribution in [0.5, 0.6) is 0 Å². The molecule has 14 heavy (non-hydrogen) atoms. The SMILES string of the molecule is CCN(CCNC1CC1)C1CCCC1. The summed E-state index contributed by atoms with van der Waals surface area (Å²) in [7, 11) is 0. The monoisotopic (exact) mass is 196 g/mol. The van der Waals surface area contributed by atoms with Crippen LogP contribution in [0, 0.1) is 0 Å². The molecule has 0 radical (unpaired) electrons. The molecule has 1 N–H and O–H groups in total. The summed E-state index contributed by atoms with van der Waals surface area (Å²) in [5.41, 5.74) is 0. The molecule has 2 nitrogen and oxygen atoms in total. The first-order valence-electron chi connectivity index (χ1n) is 6.37. The van der Waals surface area contributed by atoms with E-state index < -0.39 is 0 Å². The van der Waals surface area contributed by atoms with E-state index in [1.54, 1.807) is 0 Å². The van der Waals surface area contributed by atoms with Crippen LogP contribution in [0.15, 0.2) is 0 Å². The van der Waals surface area contributed by atoms with Crippen LogP contribution in [-0.4, -0.2) is 36.6 Å². The second kappa shape index (κ2) is 5.13. The van der Waals surface area contributed by atoms with Crippen molar-refractivity contribution in [1.82, 2.24) is 10.2 Å². The zero-order chi connectivity index (χ0) is 9.80. The Balaban J connectivity index is 1.63. The third-order valence-electron chi connectivity index (χ3n) is 3.66. The van der Waals surface area contributed by atoms with Crippen LogP contribution in [0.25, 0.3) is 0 Å². The van der Waals surface area contributed by atoms with Crippen molar-refractivity contribution >= 4 is 0 Å². The van der Waals surface area contributed by atoms with Crippen LogP contribution < -0.4 is 5.32 Å². The van der Waals surface area contributed by atoms with Crippen molar-refractivity contribution in [2.75, 3.05) is 19.6 Å². The van der Waals surface area contributed by atoms with Gasteiger partial charge in [-0.25, -0.2) is 0 Å². The van der Waals surface area contributed by atoms with E-state index in [2.05, 4.69) is 17.1 Å². The summed E-state index contributed by atoms with van der Waals surface area (Å²) in [4.78, 5) is 2.67. The molecule has 0 amide bonds. The fourth-order valence-electron chi connectivity index (χ4n) is 2.57. The van der Waals surface area contributed by atoms with Gasteiger partial charge in [0.25, 0.3) is 0 Å². The van der Waals surface area contributed by atoms with Gasteiger partial charge in [0.05, 0.1) is 0 Å². The number of rotatable bonds is 6. The van der Waals surface area contributed by atoms with E-state index in [1.165, 1.54) is 58.2 Å². The van der Waals surface area contributed by atoms with Crippen molar-refractivity contribution in [3.05, 3.63) is 0 Å². The molecule has 0 aromatic heterocycles. The predicted octanol–water partition coefficient (Wildman–Crippen LogP) is 2.00. The lowest BCUT2D eigenvalue weighted by atomic mass is 10.2. The van der Waals surface area contributed by atoms with Gasteiger partial charge in [0.15, 0.2) is 0 Å². The zero-order valence-corrected chi connectivity index (χ0v) is 9.47. The third-order valence-corrected chi connectivity index (χ3v) is 3.66. The molecule has 0 atom stereocenters. The molecule has 2 heteroatoms. The number of likely N-dealkylation sites (N-methyl/N-ethyl adjacent to an activating group) is 1. The molecule has 0 aliphatic heterocycles. The van der Waals surface area contributed by atoms with E-state index in [-0.39, 0.29) is 0 Å². The smallest absolute Gasteiger partial charge is 0.0110 e. The van der Waals surface area contributed by atoms with E-state index in [4.69, 9.17) is 0 Å². The summed E-state index contributed by atoms with van der Waals surface area (Å²) >= 11 is 0. The fourth-order valence-corrected chi connectivity index (χ4v) is 2.57. The minimum absolute atomic E-state index is 0.872. The van der Waals surface area contributed by atoms with Gasteiger partial charge in [-0.05, 0) is 32.2 Å². The number of nitrogens with one attached hydrogen (secondary N) is 1. The molecule has 0 spiro atoms. The molecule has 0 heterocycles. The third kappa shape index (κ3) is 2.96. The largest absolute Gasteiger partial charge is 0.313 e. The highest BCUT2D eigenvalue weighted by Gasteiger charge is 2.23. The first-order valence-corrected chi connectivity index (χ1v) is 6.37. The summed E-state index contributed by atoms with van der Waals surface area (Å²) in [6.07, 6.45) is 8.62. The average molecular weight is 196 g/mol. The molecule has 2 saturated carbocycles. The first kappa shape index (κ1) is 10.4. The molecule has 82 valence electrons. The maximum Gasteiger partial charge on any atom is 0.0110 e. The fraction of sp³-hybridized carbons (Fsp3) is 1.00. The minimum atomic E-state index is 0.872. The molecule has 0 saturated heterocycles. The number of hydrogen-bond donors (Lipinski definition) is 1. The summed E-state index contributed by atoms with van der Waals surface area (Å²) < 4.78 is 0. The maximum absolute atomic E-state index is 3.60. The summed E-state index contributed by atoms with van der Waals surface area (Å²) in [5.74, 6) is 0. The summed E-state index contributed by atoms with van der Waals surface area (Å²) in [6, 6.07) is 1.78. The van der Waals surface area contributed by atoms with Crippen LogP contribution in [0.2, 0.25) is 0 Å². The van der Waals surface area contributed by atoms with E-state index in [9.17, 15) is 0 Å². The highest BCUT2D eigenvalue weighted by atomic mass is 15.2. The Bertz CT molecular complexity index is 160. The molecule has 2 rings (SSSR count). The van der Waals surface area contributed by atoms with Gasteiger partial charge in [0.2, 0.25) is 0 Å². The van der Waals surface area contributed by atoms with E-state index in [0.717, 1.165) is 12.1 Å². The molecule has 2 aliphatic carbocycles. The Hall–Kier alpha value is -0.0800. The summed E-state index contributed by atoms with van der Waals surface area (Å²) in [5, 5.41) is 3.60. The lowest BCUT2D eigenvalue weighted by molar-refractivity contribution is 0.209. The van der Waals surface area contributed by atoms with Gasteiger partial charge in [-0.1, -0.05) is 19.8 Å². The molecule has 2 aliphatic rings. The topological polar surface area (TPSA) is 15.3 Å². The van der Waals surface area contributed by atoms with Gasteiger partial charge in [-0.3, -0.25) is 4.90 Å². The van der Waals surface area contributed by atoms with Crippen LogP contribution in [0.1, 0.15) is 45.4 Å².